The highest BCUT2D eigenvalue weighted by atomic mass is 19.2. The van der Waals surface area contributed by atoms with E-state index in [0.717, 1.165) is 6.07 Å². The normalized spacial score (nSPS) is 9.67. The van der Waals surface area contributed by atoms with E-state index in [9.17, 15) is 8.78 Å². The Balaban J connectivity index is 3.25. The fourth-order valence-electron chi connectivity index (χ4n) is 0.555. The van der Waals surface area contributed by atoms with Crippen molar-refractivity contribution in [1.82, 2.24) is 0 Å². The second-order valence-corrected chi connectivity index (χ2v) is 1.80. The van der Waals surface area contributed by atoms with Gasteiger partial charge in [0.15, 0.2) is 11.6 Å². The average molecular weight is 127 g/mol. The number of benzene rings is 1. The monoisotopic (exact) mass is 127 g/mol. The molecule has 1 aromatic rings. The summed E-state index contributed by atoms with van der Waals surface area (Å²) < 4.78 is 24.5. The molecule has 0 amide bonds. The Labute approximate surface area is 52.1 Å². The van der Waals surface area contributed by atoms with Gasteiger partial charge in [0.05, 0.1) is 0 Å². The first kappa shape index (κ1) is 6.20. The lowest BCUT2D eigenvalue weighted by Gasteiger charge is -1.93. The summed E-state index contributed by atoms with van der Waals surface area (Å²) >= 11 is 0. The topological polar surface area (TPSA) is 0 Å². The number of rotatable bonds is 0. The van der Waals surface area contributed by atoms with Crippen LogP contribution in [0.5, 0.6) is 0 Å². The third-order valence-electron chi connectivity index (χ3n) is 1.07. The van der Waals surface area contributed by atoms with Crippen LogP contribution in [0.4, 0.5) is 8.78 Å². The zero-order valence-corrected chi connectivity index (χ0v) is 4.91. The molecule has 9 heavy (non-hydrogen) atoms. The largest absolute Gasteiger partial charge is 0.204 e. The molecule has 0 nitrogen and oxygen atoms in total. The van der Waals surface area contributed by atoms with Crippen LogP contribution in [0.15, 0.2) is 12.1 Å². The molecule has 0 heterocycles. The molecular formula is C7H5F2. The molecule has 0 unspecified atom stereocenters. The maximum Gasteiger partial charge on any atom is 0.161 e. The van der Waals surface area contributed by atoms with Gasteiger partial charge < -0.3 is 0 Å². The molecule has 1 aromatic carbocycles. The second kappa shape index (κ2) is 2.13. The molecule has 0 fully saturated rings. The van der Waals surface area contributed by atoms with Crippen molar-refractivity contribution in [2.24, 2.45) is 0 Å². The summed E-state index contributed by atoms with van der Waals surface area (Å²) in [6.45, 7) is 1.49. The minimum absolute atomic E-state index is 0.287. The summed E-state index contributed by atoms with van der Waals surface area (Å²) in [6.07, 6.45) is 0. The number of halogens is 2. The van der Waals surface area contributed by atoms with Crippen molar-refractivity contribution in [3.05, 3.63) is 35.4 Å². The first-order chi connectivity index (χ1) is 4.22. The van der Waals surface area contributed by atoms with Crippen molar-refractivity contribution in [1.29, 1.82) is 0 Å². The van der Waals surface area contributed by atoms with Gasteiger partial charge in [-0.25, -0.2) is 8.78 Å². The van der Waals surface area contributed by atoms with Crippen molar-refractivity contribution >= 4 is 0 Å². The van der Waals surface area contributed by atoms with E-state index >= 15 is 0 Å². The highest BCUT2D eigenvalue weighted by molar-refractivity contribution is 5.15. The van der Waals surface area contributed by atoms with Gasteiger partial charge >= 0.3 is 0 Å². The minimum atomic E-state index is -0.838. The van der Waals surface area contributed by atoms with Gasteiger partial charge in [0.2, 0.25) is 0 Å². The standard InChI is InChI=1S/C7H5F2/c1-5-3-2-4-6(8)7(5)9/h3-4H,1H3. The predicted octanol–water partition coefficient (Wildman–Crippen LogP) is 2.07. The van der Waals surface area contributed by atoms with E-state index in [-0.39, 0.29) is 5.56 Å². The molecule has 0 saturated carbocycles. The molecule has 0 N–H and O–H groups in total. The molecule has 47 valence electrons. The molecule has 1 radical (unpaired) electrons. The van der Waals surface area contributed by atoms with Gasteiger partial charge in [-0.05, 0) is 30.7 Å². The van der Waals surface area contributed by atoms with Crippen LogP contribution in [-0.2, 0) is 0 Å². The molecule has 0 aliphatic carbocycles. The molecule has 0 bridgehead atoms. The third kappa shape index (κ3) is 1.07. The first-order valence-corrected chi connectivity index (χ1v) is 2.53. The molecule has 0 aliphatic heterocycles. The lowest BCUT2D eigenvalue weighted by Crippen LogP contribution is -1.85. The summed E-state index contributed by atoms with van der Waals surface area (Å²) in [5.74, 6) is -1.62. The maximum atomic E-state index is 12.3. The van der Waals surface area contributed by atoms with Crippen molar-refractivity contribution in [3.63, 3.8) is 0 Å². The molecule has 1 rings (SSSR count). The summed E-state index contributed by atoms with van der Waals surface area (Å²) in [5, 5.41) is 0. The van der Waals surface area contributed by atoms with Crippen LogP contribution in [-0.4, -0.2) is 0 Å². The van der Waals surface area contributed by atoms with Crippen molar-refractivity contribution < 1.29 is 8.78 Å². The molecule has 0 spiro atoms. The van der Waals surface area contributed by atoms with Crippen LogP contribution in [0.1, 0.15) is 5.56 Å². The van der Waals surface area contributed by atoms with E-state index in [4.69, 9.17) is 0 Å². The zero-order valence-electron chi connectivity index (χ0n) is 4.91. The molecule has 0 aromatic heterocycles. The van der Waals surface area contributed by atoms with E-state index < -0.39 is 11.6 Å². The van der Waals surface area contributed by atoms with Gasteiger partial charge in [0.1, 0.15) is 0 Å². The first-order valence-electron chi connectivity index (χ1n) is 2.53. The van der Waals surface area contributed by atoms with Gasteiger partial charge in [0.25, 0.3) is 0 Å². The van der Waals surface area contributed by atoms with Crippen LogP contribution in [0.3, 0.4) is 0 Å². The smallest absolute Gasteiger partial charge is 0.161 e. The van der Waals surface area contributed by atoms with E-state index in [2.05, 4.69) is 6.07 Å². The fourth-order valence-corrected chi connectivity index (χ4v) is 0.555. The Hall–Kier alpha value is -0.920. The van der Waals surface area contributed by atoms with E-state index in [1.54, 1.807) is 0 Å². The zero-order chi connectivity index (χ0) is 6.85. The van der Waals surface area contributed by atoms with E-state index in [0.29, 0.717) is 0 Å². The SMILES string of the molecule is Cc1c[c]cc(F)c1F. The van der Waals surface area contributed by atoms with Crippen LogP contribution in [0.2, 0.25) is 0 Å². The molecule has 0 saturated heterocycles. The number of aryl methyl sites for hydroxylation is 1. The van der Waals surface area contributed by atoms with E-state index in [1.807, 2.05) is 0 Å². The van der Waals surface area contributed by atoms with Gasteiger partial charge in [-0.1, -0.05) is 0 Å². The lowest BCUT2D eigenvalue weighted by molar-refractivity contribution is 0.503. The minimum Gasteiger partial charge on any atom is -0.204 e. The van der Waals surface area contributed by atoms with Crippen LogP contribution in [0.25, 0.3) is 0 Å². The molecular weight excluding hydrogens is 122 g/mol. The van der Waals surface area contributed by atoms with Crippen molar-refractivity contribution in [2.45, 2.75) is 6.92 Å². The third-order valence-corrected chi connectivity index (χ3v) is 1.07. The van der Waals surface area contributed by atoms with Crippen LogP contribution >= 0.6 is 0 Å². The van der Waals surface area contributed by atoms with Crippen molar-refractivity contribution in [2.75, 3.05) is 0 Å². The molecule has 0 atom stereocenters. The summed E-state index contributed by atoms with van der Waals surface area (Å²) in [5.41, 5.74) is 0.287. The number of hydrogen-bond donors (Lipinski definition) is 0. The molecule has 2 heteroatoms. The van der Waals surface area contributed by atoms with Crippen molar-refractivity contribution in [3.8, 4) is 0 Å². The van der Waals surface area contributed by atoms with Gasteiger partial charge in [-0.2, -0.15) is 0 Å². The Kier molecular flexibility index (Phi) is 1.47. The predicted molar refractivity (Wildman–Crippen MR) is 29.9 cm³/mol. The Morgan fingerprint density at radius 1 is 1.33 bits per heavy atom. The van der Waals surface area contributed by atoms with Gasteiger partial charge in [0, 0.05) is 0 Å². The average Bonchev–Trinajstić information content (AvgIpc) is 1.83. The van der Waals surface area contributed by atoms with Gasteiger partial charge in [-0.3, -0.25) is 0 Å². The maximum absolute atomic E-state index is 12.3. The second-order valence-electron chi connectivity index (χ2n) is 1.80. The quantitative estimate of drug-likeness (QED) is 0.500. The summed E-state index contributed by atoms with van der Waals surface area (Å²) in [4.78, 5) is 0. The van der Waals surface area contributed by atoms with Crippen LogP contribution in [0, 0.1) is 24.6 Å². The molecule has 0 aliphatic rings. The summed E-state index contributed by atoms with van der Waals surface area (Å²) in [6, 6.07) is 4.83. The highest BCUT2D eigenvalue weighted by Gasteiger charge is 2.00. The summed E-state index contributed by atoms with van der Waals surface area (Å²) in [7, 11) is 0. The van der Waals surface area contributed by atoms with E-state index in [1.165, 1.54) is 13.0 Å². The number of hydrogen-bond acceptors (Lipinski definition) is 0. The van der Waals surface area contributed by atoms with Crippen LogP contribution < -0.4 is 0 Å². The Morgan fingerprint density at radius 2 is 2.00 bits per heavy atom. The Morgan fingerprint density at radius 3 is 2.44 bits per heavy atom. The Bertz CT molecular complexity index is 198. The lowest BCUT2D eigenvalue weighted by atomic mass is 10.2. The highest BCUT2D eigenvalue weighted by Crippen LogP contribution is 2.08. The fraction of sp³-hybridized carbons (Fsp3) is 0.143. The van der Waals surface area contributed by atoms with Gasteiger partial charge in [-0.15, -0.1) is 0 Å².